The van der Waals surface area contributed by atoms with Crippen molar-refractivity contribution in [1.82, 2.24) is 15.5 Å². The average molecular weight is 326 g/mol. The molecule has 100 valence electrons. The molecule has 4 nitrogen and oxygen atoms in total. The van der Waals surface area contributed by atoms with E-state index in [0.717, 1.165) is 13.0 Å². The van der Waals surface area contributed by atoms with Crippen molar-refractivity contribution < 1.29 is 8.91 Å². The van der Waals surface area contributed by atoms with Gasteiger partial charge in [-0.15, -0.1) is 0 Å². The maximum absolute atomic E-state index is 13.1. The molecule has 2 aromatic rings. The van der Waals surface area contributed by atoms with Crippen molar-refractivity contribution in [2.24, 2.45) is 0 Å². The van der Waals surface area contributed by atoms with E-state index in [1.807, 2.05) is 0 Å². The summed E-state index contributed by atoms with van der Waals surface area (Å²) in [5, 5.41) is 7.38. The summed E-state index contributed by atoms with van der Waals surface area (Å²) in [4.78, 5) is 4.40. The Morgan fingerprint density at radius 3 is 3.00 bits per heavy atom. The molecule has 1 atom stereocenters. The number of hydrogen-bond acceptors (Lipinski definition) is 4. The Kier molecular flexibility index (Phi) is 3.61. The molecule has 19 heavy (non-hydrogen) atoms. The standard InChI is InChI=1S/C13H13BrFN3O/c14-10-7-8(15)4-5-9(10)13-17-12(18-19-13)11-3-1-2-6-16-11/h4-5,7,11,16H,1-3,6H2. The molecule has 6 heteroatoms. The van der Waals surface area contributed by atoms with Gasteiger partial charge in [0.2, 0.25) is 0 Å². The third kappa shape index (κ3) is 2.69. The molecule has 1 aliphatic heterocycles. The summed E-state index contributed by atoms with van der Waals surface area (Å²) in [5.41, 5.74) is 0.705. The summed E-state index contributed by atoms with van der Waals surface area (Å²) in [6, 6.07) is 4.55. The maximum Gasteiger partial charge on any atom is 0.259 e. The van der Waals surface area contributed by atoms with Crippen molar-refractivity contribution in [2.75, 3.05) is 6.54 Å². The average Bonchev–Trinajstić information content (AvgIpc) is 2.89. The molecular formula is C13H13BrFN3O. The zero-order chi connectivity index (χ0) is 13.2. The SMILES string of the molecule is Fc1ccc(-c2nc(C3CCCCN3)no2)c(Br)c1. The molecule has 1 aromatic heterocycles. The van der Waals surface area contributed by atoms with Crippen molar-refractivity contribution in [3.05, 3.63) is 34.3 Å². The van der Waals surface area contributed by atoms with Gasteiger partial charge < -0.3 is 9.84 Å². The van der Waals surface area contributed by atoms with Crippen LogP contribution in [0.15, 0.2) is 27.2 Å². The van der Waals surface area contributed by atoms with Gasteiger partial charge in [-0.3, -0.25) is 0 Å². The third-order valence-corrected chi connectivity index (χ3v) is 3.88. The molecule has 0 radical (unpaired) electrons. The highest BCUT2D eigenvalue weighted by molar-refractivity contribution is 9.10. The van der Waals surface area contributed by atoms with Gasteiger partial charge >= 0.3 is 0 Å². The Hall–Kier alpha value is -1.27. The van der Waals surface area contributed by atoms with Crippen LogP contribution >= 0.6 is 15.9 Å². The summed E-state index contributed by atoms with van der Waals surface area (Å²) in [5.74, 6) is 0.782. The minimum absolute atomic E-state index is 0.158. The number of aromatic nitrogens is 2. The van der Waals surface area contributed by atoms with Gasteiger partial charge in [-0.25, -0.2) is 4.39 Å². The van der Waals surface area contributed by atoms with E-state index in [-0.39, 0.29) is 11.9 Å². The molecule has 0 spiro atoms. The highest BCUT2D eigenvalue weighted by Gasteiger charge is 2.21. The van der Waals surface area contributed by atoms with E-state index in [9.17, 15) is 4.39 Å². The van der Waals surface area contributed by atoms with Crippen LogP contribution in [0.1, 0.15) is 31.1 Å². The molecule has 0 aliphatic carbocycles. The summed E-state index contributed by atoms with van der Waals surface area (Å²) in [7, 11) is 0. The van der Waals surface area contributed by atoms with Gasteiger partial charge in [0.25, 0.3) is 5.89 Å². The molecule has 1 unspecified atom stereocenters. The van der Waals surface area contributed by atoms with Gasteiger partial charge in [0.05, 0.1) is 11.6 Å². The van der Waals surface area contributed by atoms with Crippen LogP contribution in [0.3, 0.4) is 0 Å². The van der Waals surface area contributed by atoms with Gasteiger partial charge in [-0.05, 0) is 53.5 Å². The number of halogens is 2. The quantitative estimate of drug-likeness (QED) is 0.918. The number of piperidine rings is 1. The van der Waals surface area contributed by atoms with Gasteiger partial charge in [-0.1, -0.05) is 11.6 Å². The second-order valence-corrected chi connectivity index (χ2v) is 5.44. The Bertz CT molecular complexity index is 581. The van der Waals surface area contributed by atoms with E-state index < -0.39 is 0 Å². The molecular weight excluding hydrogens is 313 g/mol. The monoisotopic (exact) mass is 325 g/mol. The molecule has 3 rings (SSSR count). The lowest BCUT2D eigenvalue weighted by Gasteiger charge is -2.19. The fourth-order valence-corrected chi connectivity index (χ4v) is 2.74. The Balaban J connectivity index is 1.87. The van der Waals surface area contributed by atoms with Gasteiger partial charge in [0.15, 0.2) is 5.82 Å². The zero-order valence-corrected chi connectivity index (χ0v) is 11.8. The van der Waals surface area contributed by atoms with Crippen molar-refractivity contribution in [3.8, 4) is 11.5 Å². The Morgan fingerprint density at radius 1 is 1.37 bits per heavy atom. The lowest BCUT2D eigenvalue weighted by molar-refractivity contribution is 0.367. The first-order valence-corrected chi connectivity index (χ1v) is 7.06. The van der Waals surface area contributed by atoms with Crippen LogP contribution in [-0.4, -0.2) is 16.7 Å². The zero-order valence-electron chi connectivity index (χ0n) is 10.2. The number of nitrogens with zero attached hydrogens (tertiary/aromatic N) is 2. The Morgan fingerprint density at radius 2 is 2.26 bits per heavy atom. The van der Waals surface area contributed by atoms with Gasteiger partial charge in [0, 0.05) is 4.47 Å². The second-order valence-electron chi connectivity index (χ2n) is 4.58. The van der Waals surface area contributed by atoms with E-state index in [4.69, 9.17) is 4.52 Å². The fourth-order valence-electron chi connectivity index (χ4n) is 2.22. The molecule has 1 fully saturated rings. The molecule has 0 bridgehead atoms. The van der Waals surface area contributed by atoms with Crippen LogP contribution in [0.2, 0.25) is 0 Å². The molecule has 1 aromatic carbocycles. The number of rotatable bonds is 2. The molecule has 2 heterocycles. The number of hydrogen-bond donors (Lipinski definition) is 1. The van der Waals surface area contributed by atoms with E-state index in [2.05, 4.69) is 31.4 Å². The second kappa shape index (κ2) is 5.38. The molecule has 0 saturated carbocycles. The van der Waals surface area contributed by atoms with Crippen LogP contribution in [0, 0.1) is 5.82 Å². The molecule has 1 N–H and O–H groups in total. The smallest absolute Gasteiger partial charge is 0.259 e. The van der Waals surface area contributed by atoms with E-state index in [1.54, 1.807) is 6.07 Å². The summed E-state index contributed by atoms with van der Waals surface area (Å²) < 4.78 is 18.9. The summed E-state index contributed by atoms with van der Waals surface area (Å²) in [6.45, 7) is 0.981. The highest BCUT2D eigenvalue weighted by atomic mass is 79.9. The number of benzene rings is 1. The summed E-state index contributed by atoms with van der Waals surface area (Å²) in [6.07, 6.45) is 3.37. The molecule has 1 aliphatic rings. The third-order valence-electron chi connectivity index (χ3n) is 3.23. The van der Waals surface area contributed by atoms with Crippen LogP contribution in [0.5, 0.6) is 0 Å². The maximum atomic E-state index is 13.1. The first-order valence-electron chi connectivity index (χ1n) is 6.26. The van der Waals surface area contributed by atoms with E-state index in [0.29, 0.717) is 21.8 Å². The van der Waals surface area contributed by atoms with Crippen molar-refractivity contribution in [2.45, 2.75) is 25.3 Å². The predicted octanol–water partition coefficient (Wildman–Crippen LogP) is 3.45. The van der Waals surface area contributed by atoms with E-state index >= 15 is 0 Å². The van der Waals surface area contributed by atoms with Crippen LogP contribution in [0.25, 0.3) is 11.5 Å². The minimum Gasteiger partial charge on any atom is -0.334 e. The number of nitrogens with one attached hydrogen (secondary N) is 1. The van der Waals surface area contributed by atoms with Crippen LogP contribution < -0.4 is 5.32 Å². The summed E-state index contributed by atoms with van der Waals surface area (Å²) >= 11 is 3.31. The molecule has 0 amide bonds. The van der Waals surface area contributed by atoms with Crippen molar-refractivity contribution in [1.29, 1.82) is 0 Å². The minimum atomic E-state index is -0.302. The lowest BCUT2D eigenvalue weighted by Crippen LogP contribution is -2.27. The van der Waals surface area contributed by atoms with Gasteiger partial charge in [-0.2, -0.15) is 4.98 Å². The predicted molar refractivity (Wildman–Crippen MR) is 72.0 cm³/mol. The van der Waals surface area contributed by atoms with Crippen LogP contribution in [0.4, 0.5) is 4.39 Å². The fraction of sp³-hybridized carbons (Fsp3) is 0.385. The van der Waals surface area contributed by atoms with E-state index in [1.165, 1.54) is 25.0 Å². The highest BCUT2D eigenvalue weighted by Crippen LogP contribution is 2.29. The first kappa shape index (κ1) is 12.7. The first-order chi connectivity index (χ1) is 9.24. The normalized spacial score (nSPS) is 19.6. The van der Waals surface area contributed by atoms with Crippen molar-refractivity contribution in [3.63, 3.8) is 0 Å². The lowest BCUT2D eigenvalue weighted by atomic mass is 10.0. The Labute approximate surface area is 118 Å². The molecule has 1 saturated heterocycles. The largest absolute Gasteiger partial charge is 0.334 e. The van der Waals surface area contributed by atoms with Crippen molar-refractivity contribution >= 4 is 15.9 Å². The topological polar surface area (TPSA) is 51.0 Å². The van der Waals surface area contributed by atoms with Gasteiger partial charge in [0.1, 0.15) is 5.82 Å². The van der Waals surface area contributed by atoms with Crippen LogP contribution in [-0.2, 0) is 0 Å².